The second-order valence-electron chi connectivity index (χ2n) is 7.99. The quantitative estimate of drug-likeness (QED) is 0.778. The maximum absolute atomic E-state index is 11.2. The number of nitrogens with zero attached hydrogens (tertiary/aromatic N) is 3. The smallest absolute Gasteiger partial charge is 0.317 e. The van der Waals surface area contributed by atoms with Gasteiger partial charge in [-0.2, -0.15) is 0 Å². The lowest BCUT2D eigenvalue weighted by Gasteiger charge is -2.43. The number of carboxylic acid groups (broad SMARTS) is 1. The summed E-state index contributed by atoms with van der Waals surface area (Å²) in [6.07, 6.45) is 9.72. The highest BCUT2D eigenvalue weighted by Crippen LogP contribution is 2.40. The lowest BCUT2D eigenvalue weighted by Crippen LogP contribution is -2.52. The first kappa shape index (κ1) is 16.4. The van der Waals surface area contributed by atoms with Gasteiger partial charge in [-0.3, -0.25) is 9.69 Å². The van der Waals surface area contributed by atoms with E-state index in [1.54, 1.807) is 6.33 Å². The van der Waals surface area contributed by atoms with E-state index in [1.807, 2.05) is 11.3 Å². The zero-order chi connectivity index (χ0) is 17.7. The highest BCUT2D eigenvalue weighted by atomic mass is 32.1. The van der Waals surface area contributed by atoms with Crippen molar-refractivity contribution in [2.45, 2.75) is 57.0 Å². The van der Waals surface area contributed by atoms with Crippen molar-refractivity contribution in [3.8, 4) is 0 Å². The van der Waals surface area contributed by atoms with E-state index < -0.39 is 5.97 Å². The molecule has 3 aliphatic carbocycles. The van der Waals surface area contributed by atoms with Crippen LogP contribution in [0, 0.1) is 5.92 Å². The molecule has 0 aromatic carbocycles. The Hall–Kier alpha value is -1.73. The molecule has 0 atom stereocenters. The first-order valence-corrected chi connectivity index (χ1v) is 10.5. The minimum absolute atomic E-state index is 0.170. The van der Waals surface area contributed by atoms with E-state index in [4.69, 9.17) is 0 Å². The highest BCUT2D eigenvalue weighted by molar-refractivity contribution is 7.19. The zero-order valence-corrected chi connectivity index (χ0v) is 15.6. The molecule has 2 N–H and O–H groups in total. The van der Waals surface area contributed by atoms with Crippen LogP contribution in [0.3, 0.4) is 0 Å². The second kappa shape index (κ2) is 6.46. The van der Waals surface area contributed by atoms with Crippen molar-refractivity contribution in [1.29, 1.82) is 0 Å². The van der Waals surface area contributed by atoms with Crippen LogP contribution < -0.4 is 5.32 Å². The molecule has 0 saturated heterocycles. The Morgan fingerprint density at radius 3 is 2.92 bits per heavy atom. The molecular weight excluding hydrogens is 348 g/mol. The van der Waals surface area contributed by atoms with Crippen LogP contribution in [-0.2, 0) is 17.6 Å². The molecule has 3 aliphatic rings. The number of aromatic nitrogens is 2. The number of nitrogens with one attached hydrogen (secondary N) is 1. The van der Waals surface area contributed by atoms with Crippen molar-refractivity contribution in [3.63, 3.8) is 0 Å². The van der Waals surface area contributed by atoms with Gasteiger partial charge < -0.3 is 10.4 Å². The van der Waals surface area contributed by atoms with Gasteiger partial charge in [0.25, 0.3) is 0 Å². The van der Waals surface area contributed by atoms with Gasteiger partial charge in [0.2, 0.25) is 0 Å². The summed E-state index contributed by atoms with van der Waals surface area (Å²) in [5, 5.41) is 14.1. The number of fused-ring (bicyclic) bond motifs is 3. The molecule has 0 spiro atoms. The van der Waals surface area contributed by atoms with Crippen LogP contribution in [0.5, 0.6) is 0 Å². The molecule has 138 valence electrons. The van der Waals surface area contributed by atoms with Gasteiger partial charge in [0, 0.05) is 23.5 Å². The van der Waals surface area contributed by atoms with Gasteiger partial charge in [0.05, 0.1) is 11.9 Å². The SMILES string of the molecule is O=C(O)CN(CC1CC1)C1CC(Nc2ncnc3sc4c(c23)CCC4)C1. The number of carbonyl (C=O) groups is 1. The fourth-order valence-corrected chi connectivity index (χ4v) is 5.61. The fourth-order valence-electron chi connectivity index (χ4n) is 4.38. The average Bonchev–Trinajstić information content (AvgIpc) is 3.13. The Bertz CT molecular complexity index is 841. The van der Waals surface area contributed by atoms with Crippen LogP contribution in [0.1, 0.15) is 42.5 Å². The molecule has 5 rings (SSSR count). The highest BCUT2D eigenvalue weighted by Gasteiger charge is 2.37. The minimum Gasteiger partial charge on any atom is -0.480 e. The average molecular weight is 372 g/mol. The van der Waals surface area contributed by atoms with Crippen LogP contribution in [0.25, 0.3) is 10.2 Å². The van der Waals surface area contributed by atoms with E-state index in [2.05, 4.69) is 20.2 Å². The molecular formula is C19H24N4O2S. The molecule has 2 saturated carbocycles. The maximum Gasteiger partial charge on any atom is 0.317 e. The number of rotatable bonds is 7. The lowest BCUT2D eigenvalue weighted by atomic mass is 9.85. The molecule has 0 aliphatic heterocycles. The maximum atomic E-state index is 11.2. The minimum atomic E-state index is -0.714. The third kappa shape index (κ3) is 3.07. The number of thiophene rings is 1. The Kier molecular flexibility index (Phi) is 4.09. The molecule has 7 heteroatoms. The number of carboxylic acids is 1. The van der Waals surface area contributed by atoms with Crippen molar-refractivity contribution in [1.82, 2.24) is 14.9 Å². The van der Waals surface area contributed by atoms with Gasteiger partial charge in [-0.1, -0.05) is 0 Å². The molecule has 0 amide bonds. The summed E-state index contributed by atoms with van der Waals surface area (Å²) in [7, 11) is 0. The van der Waals surface area contributed by atoms with Crippen LogP contribution >= 0.6 is 11.3 Å². The lowest BCUT2D eigenvalue weighted by molar-refractivity contribution is -0.139. The summed E-state index contributed by atoms with van der Waals surface area (Å²) in [5.74, 6) is 0.981. The predicted molar refractivity (Wildman–Crippen MR) is 102 cm³/mol. The summed E-state index contributed by atoms with van der Waals surface area (Å²) in [5.41, 5.74) is 1.45. The van der Waals surface area contributed by atoms with Crippen LogP contribution in [0.4, 0.5) is 5.82 Å². The molecule has 6 nitrogen and oxygen atoms in total. The third-order valence-electron chi connectivity index (χ3n) is 6.00. The molecule has 2 fully saturated rings. The van der Waals surface area contributed by atoms with E-state index in [0.717, 1.165) is 42.4 Å². The zero-order valence-electron chi connectivity index (χ0n) is 14.8. The predicted octanol–water partition coefficient (Wildman–Crippen LogP) is 2.92. The van der Waals surface area contributed by atoms with Gasteiger partial charge in [-0.15, -0.1) is 11.3 Å². The summed E-state index contributed by atoms with van der Waals surface area (Å²) < 4.78 is 0. The topological polar surface area (TPSA) is 78.4 Å². The largest absolute Gasteiger partial charge is 0.480 e. The molecule has 2 aromatic heterocycles. The number of aryl methyl sites for hydroxylation is 2. The first-order chi connectivity index (χ1) is 12.7. The Balaban J connectivity index is 1.27. The molecule has 0 radical (unpaired) electrons. The molecule has 26 heavy (non-hydrogen) atoms. The van der Waals surface area contributed by atoms with Gasteiger partial charge >= 0.3 is 5.97 Å². The van der Waals surface area contributed by atoms with Crippen molar-refractivity contribution in [2.24, 2.45) is 5.92 Å². The van der Waals surface area contributed by atoms with Crippen molar-refractivity contribution < 1.29 is 9.90 Å². The first-order valence-electron chi connectivity index (χ1n) is 9.65. The number of hydrogen-bond acceptors (Lipinski definition) is 6. The molecule has 0 bridgehead atoms. The van der Waals surface area contributed by atoms with E-state index in [0.29, 0.717) is 12.1 Å². The van der Waals surface area contributed by atoms with Gasteiger partial charge in [0.1, 0.15) is 17.0 Å². The Morgan fingerprint density at radius 1 is 1.31 bits per heavy atom. The Labute approximate surface area is 156 Å². The number of hydrogen-bond donors (Lipinski definition) is 2. The van der Waals surface area contributed by atoms with E-state index in [9.17, 15) is 9.90 Å². The summed E-state index contributed by atoms with van der Waals surface area (Å²) in [6.45, 7) is 1.11. The number of anilines is 1. The van der Waals surface area contributed by atoms with Crippen molar-refractivity contribution >= 4 is 33.3 Å². The molecule has 2 heterocycles. The van der Waals surface area contributed by atoms with Crippen molar-refractivity contribution in [3.05, 3.63) is 16.8 Å². The van der Waals surface area contributed by atoms with Gasteiger partial charge in [-0.05, 0) is 56.4 Å². The third-order valence-corrected chi connectivity index (χ3v) is 7.20. The van der Waals surface area contributed by atoms with Gasteiger partial charge in [-0.25, -0.2) is 9.97 Å². The van der Waals surface area contributed by atoms with E-state index in [-0.39, 0.29) is 6.54 Å². The Morgan fingerprint density at radius 2 is 2.15 bits per heavy atom. The van der Waals surface area contributed by atoms with Gasteiger partial charge in [0.15, 0.2) is 0 Å². The summed E-state index contributed by atoms with van der Waals surface area (Å²) in [4.78, 5) is 24.9. The van der Waals surface area contributed by atoms with Crippen LogP contribution in [0.2, 0.25) is 0 Å². The second-order valence-corrected chi connectivity index (χ2v) is 9.08. The summed E-state index contributed by atoms with van der Waals surface area (Å²) >= 11 is 1.81. The monoisotopic (exact) mass is 372 g/mol. The number of aliphatic carboxylic acids is 1. The molecule has 2 aromatic rings. The van der Waals surface area contributed by atoms with Crippen LogP contribution in [-0.4, -0.2) is 51.1 Å². The molecule has 0 unspecified atom stereocenters. The van der Waals surface area contributed by atoms with E-state index in [1.165, 1.54) is 41.5 Å². The standard InChI is InChI=1S/C19H24N4O2S/c24-16(25)9-23(8-11-4-5-11)13-6-12(7-13)22-18-17-14-2-1-3-15(14)26-19(17)21-10-20-18/h10-13H,1-9H2,(H,24,25)(H,20,21,22). The fraction of sp³-hybridized carbons (Fsp3) is 0.632. The van der Waals surface area contributed by atoms with Crippen LogP contribution in [0.15, 0.2) is 6.33 Å². The normalized spacial score (nSPS) is 24.7. The van der Waals surface area contributed by atoms with E-state index >= 15 is 0 Å². The van der Waals surface area contributed by atoms with Crippen molar-refractivity contribution in [2.75, 3.05) is 18.4 Å². The summed E-state index contributed by atoms with van der Waals surface area (Å²) in [6, 6.07) is 0.764.